The molecule has 0 saturated heterocycles. The van der Waals surface area contributed by atoms with Gasteiger partial charge in [-0.25, -0.2) is 4.98 Å². The fourth-order valence-electron chi connectivity index (χ4n) is 3.62. The summed E-state index contributed by atoms with van der Waals surface area (Å²) in [5.74, 6) is 0.775. The smallest absolute Gasteiger partial charge is 0.251 e. The van der Waals surface area contributed by atoms with E-state index in [1.54, 1.807) is 36.5 Å². The van der Waals surface area contributed by atoms with Crippen molar-refractivity contribution in [2.24, 2.45) is 0 Å². The number of nitrogen functional groups attached to an aromatic ring is 1. The summed E-state index contributed by atoms with van der Waals surface area (Å²) in [4.78, 5) is 16.6. The second-order valence-corrected chi connectivity index (χ2v) is 8.26. The van der Waals surface area contributed by atoms with E-state index in [0.717, 1.165) is 11.1 Å². The number of aromatic hydroxyl groups is 1. The maximum absolute atomic E-state index is 12.6. The molecule has 2 atom stereocenters. The zero-order valence-electron chi connectivity index (χ0n) is 19.5. The fourth-order valence-corrected chi connectivity index (χ4v) is 3.62. The molecule has 1 heterocycles. The largest absolute Gasteiger partial charge is 0.504 e. The molecule has 0 aliphatic heterocycles. The molecule has 1 amide bonds. The third-order valence-electron chi connectivity index (χ3n) is 5.53. The van der Waals surface area contributed by atoms with E-state index in [9.17, 15) is 15.0 Å². The quantitative estimate of drug-likeness (QED) is 0.295. The molecule has 3 aromatic rings. The minimum absolute atomic E-state index is 0.0828. The first-order chi connectivity index (χ1) is 16.4. The van der Waals surface area contributed by atoms with Crippen molar-refractivity contribution in [3.8, 4) is 11.5 Å². The summed E-state index contributed by atoms with van der Waals surface area (Å²) >= 11 is 0. The zero-order valence-corrected chi connectivity index (χ0v) is 19.5. The number of rotatable bonds is 11. The Balaban J connectivity index is 1.47. The van der Waals surface area contributed by atoms with Crippen LogP contribution >= 0.6 is 0 Å². The predicted octanol–water partition coefficient (Wildman–Crippen LogP) is 2.60. The minimum atomic E-state index is -0.680. The number of nitrogens with one attached hydrogen (secondary N) is 2. The van der Waals surface area contributed by atoms with Crippen molar-refractivity contribution in [3.05, 3.63) is 83.0 Å². The zero-order chi connectivity index (χ0) is 24.5. The van der Waals surface area contributed by atoms with Gasteiger partial charge in [-0.2, -0.15) is 0 Å². The number of hydrogen-bond donors (Lipinski definition) is 5. The number of aromatic nitrogens is 1. The average molecular weight is 465 g/mol. The molecule has 6 N–H and O–H groups in total. The lowest BCUT2D eigenvalue weighted by Gasteiger charge is -2.18. The van der Waals surface area contributed by atoms with Crippen molar-refractivity contribution in [1.82, 2.24) is 15.6 Å². The molecule has 0 bridgehead atoms. The summed E-state index contributed by atoms with van der Waals surface area (Å²) in [5.41, 5.74) is 8.82. The number of amides is 1. The van der Waals surface area contributed by atoms with Gasteiger partial charge in [0.2, 0.25) is 0 Å². The molecule has 1 aromatic heterocycles. The SMILES string of the molecule is COc1ccc(CCNC(=O)c2cccc(C[C@@H](C)NC[C@@H](O)c3ccc(N)nc3)c2)cc1O. The first-order valence-corrected chi connectivity index (χ1v) is 11.2. The van der Waals surface area contributed by atoms with Crippen LogP contribution in [0.2, 0.25) is 0 Å². The molecule has 0 unspecified atom stereocenters. The number of carbonyl (C=O) groups is 1. The maximum atomic E-state index is 12.6. The highest BCUT2D eigenvalue weighted by Gasteiger charge is 2.12. The third-order valence-corrected chi connectivity index (χ3v) is 5.53. The number of aliphatic hydroxyl groups is 1. The van der Waals surface area contributed by atoms with E-state index in [4.69, 9.17) is 10.5 Å². The summed E-state index contributed by atoms with van der Waals surface area (Å²) in [6.07, 6.45) is 2.20. The molecule has 8 nitrogen and oxygen atoms in total. The van der Waals surface area contributed by atoms with Crippen molar-refractivity contribution in [2.45, 2.75) is 31.9 Å². The molecule has 8 heteroatoms. The van der Waals surface area contributed by atoms with Crippen molar-refractivity contribution >= 4 is 11.7 Å². The Bertz CT molecular complexity index is 1090. The van der Waals surface area contributed by atoms with Crippen molar-refractivity contribution < 1.29 is 19.7 Å². The van der Waals surface area contributed by atoms with Gasteiger partial charge in [-0.3, -0.25) is 4.79 Å². The molecule has 3 rings (SSSR count). The Labute approximate surface area is 199 Å². The van der Waals surface area contributed by atoms with Gasteiger partial charge in [0.05, 0.1) is 13.2 Å². The number of methoxy groups -OCH3 is 1. The highest BCUT2D eigenvalue weighted by molar-refractivity contribution is 5.94. The molecule has 180 valence electrons. The molecule has 0 fully saturated rings. The first-order valence-electron chi connectivity index (χ1n) is 11.2. The van der Waals surface area contributed by atoms with Crippen LogP contribution < -0.4 is 21.1 Å². The van der Waals surface area contributed by atoms with Crippen LogP contribution in [-0.4, -0.2) is 47.3 Å². The highest BCUT2D eigenvalue weighted by atomic mass is 16.5. The lowest BCUT2D eigenvalue weighted by Crippen LogP contribution is -2.32. The summed E-state index contributed by atoms with van der Waals surface area (Å²) in [7, 11) is 1.50. The van der Waals surface area contributed by atoms with Crippen LogP contribution in [0.4, 0.5) is 5.82 Å². The van der Waals surface area contributed by atoms with Gasteiger partial charge in [0.15, 0.2) is 11.5 Å². The predicted molar refractivity (Wildman–Crippen MR) is 132 cm³/mol. The number of benzene rings is 2. The van der Waals surface area contributed by atoms with E-state index >= 15 is 0 Å². The van der Waals surface area contributed by atoms with Crippen LogP contribution in [0.5, 0.6) is 11.5 Å². The van der Waals surface area contributed by atoms with Gasteiger partial charge < -0.3 is 31.3 Å². The Hall–Kier alpha value is -3.62. The van der Waals surface area contributed by atoms with Crippen LogP contribution in [-0.2, 0) is 12.8 Å². The Kier molecular flexibility index (Phi) is 8.84. The van der Waals surface area contributed by atoms with Gasteiger partial charge in [-0.05, 0) is 61.2 Å². The molecule has 2 aromatic carbocycles. The van der Waals surface area contributed by atoms with E-state index in [0.29, 0.717) is 48.6 Å². The first kappa shape index (κ1) is 25.0. The van der Waals surface area contributed by atoms with Crippen LogP contribution in [0.3, 0.4) is 0 Å². The number of nitrogens with two attached hydrogens (primary N) is 1. The molecular weight excluding hydrogens is 432 g/mol. The van der Waals surface area contributed by atoms with Gasteiger partial charge >= 0.3 is 0 Å². The molecule has 34 heavy (non-hydrogen) atoms. The summed E-state index contributed by atoms with van der Waals surface area (Å²) in [6.45, 7) is 2.86. The molecule has 0 saturated carbocycles. The van der Waals surface area contributed by atoms with Crippen LogP contribution in [0.1, 0.15) is 40.1 Å². The lowest BCUT2D eigenvalue weighted by atomic mass is 10.0. The monoisotopic (exact) mass is 464 g/mol. The topological polar surface area (TPSA) is 130 Å². The summed E-state index contributed by atoms with van der Waals surface area (Å²) < 4.78 is 5.05. The van der Waals surface area contributed by atoms with Crippen LogP contribution in [0.25, 0.3) is 0 Å². The summed E-state index contributed by atoms with van der Waals surface area (Å²) in [6, 6.07) is 16.2. The van der Waals surface area contributed by atoms with Gasteiger partial charge in [0, 0.05) is 36.5 Å². The number of carbonyl (C=O) groups excluding carboxylic acids is 1. The van der Waals surface area contributed by atoms with Gasteiger partial charge in [0.25, 0.3) is 5.91 Å². The van der Waals surface area contributed by atoms with Crippen LogP contribution in [0, 0.1) is 0 Å². The normalized spacial score (nSPS) is 12.7. The van der Waals surface area contributed by atoms with E-state index in [1.807, 2.05) is 31.2 Å². The van der Waals surface area contributed by atoms with Gasteiger partial charge in [0.1, 0.15) is 5.82 Å². The lowest BCUT2D eigenvalue weighted by molar-refractivity contribution is 0.0954. The number of anilines is 1. The maximum Gasteiger partial charge on any atom is 0.251 e. The average Bonchev–Trinajstić information content (AvgIpc) is 2.83. The molecule has 0 aliphatic rings. The Morgan fingerprint density at radius 3 is 2.68 bits per heavy atom. The van der Waals surface area contributed by atoms with Gasteiger partial charge in [-0.1, -0.05) is 24.3 Å². The van der Waals surface area contributed by atoms with Crippen molar-refractivity contribution in [2.75, 3.05) is 25.9 Å². The number of aliphatic hydroxyl groups excluding tert-OH is 1. The number of pyridine rings is 1. The van der Waals surface area contributed by atoms with Crippen LogP contribution in [0.15, 0.2) is 60.8 Å². The van der Waals surface area contributed by atoms with E-state index in [2.05, 4.69) is 15.6 Å². The number of ether oxygens (including phenoxy) is 1. The van der Waals surface area contributed by atoms with E-state index < -0.39 is 6.10 Å². The molecular formula is C26H32N4O4. The molecule has 0 aliphatic carbocycles. The number of phenols is 1. The third kappa shape index (κ3) is 7.19. The molecule has 0 radical (unpaired) electrons. The standard InChI is InChI=1S/C26H32N4O4/c1-17(29-16-23(32)21-7-9-25(27)30-15-21)12-19-4-3-5-20(13-19)26(33)28-11-10-18-6-8-24(34-2)22(31)14-18/h3-9,13-15,17,23,29,31-32H,10-12,16H2,1-2H3,(H2,27,30)(H,28,33)/t17-,23-/m1/s1. The Morgan fingerprint density at radius 2 is 1.97 bits per heavy atom. The Morgan fingerprint density at radius 1 is 1.15 bits per heavy atom. The van der Waals surface area contributed by atoms with Gasteiger partial charge in [-0.15, -0.1) is 0 Å². The number of phenolic OH excluding ortho intramolecular Hbond substituents is 1. The fraction of sp³-hybridized carbons (Fsp3) is 0.308. The van der Waals surface area contributed by atoms with E-state index in [1.165, 1.54) is 7.11 Å². The highest BCUT2D eigenvalue weighted by Crippen LogP contribution is 2.26. The second-order valence-electron chi connectivity index (χ2n) is 8.26. The number of nitrogens with zero attached hydrogens (tertiary/aromatic N) is 1. The second kappa shape index (κ2) is 12.0. The van der Waals surface area contributed by atoms with Crippen molar-refractivity contribution in [3.63, 3.8) is 0 Å². The minimum Gasteiger partial charge on any atom is -0.504 e. The van der Waals surface area contributed by atoms with E-state index in [-0.39, 0.29) is 17.7 Å². The number of hydrogen-bond acceptors (Lipinski definition) is 7. The molecule has 0 spiro atoms. The van der Waals surface area contributed by atoms with Crippen molar-refractivity contribution in [1.29, 1.82) is 0 Å². The summed E-state index contributed by atoms with van der Waals surface area (Å²) in [5, 5.41) is 26.5.